The van der Waals surface area contributed by atoms with Gasteiger partial charge in [-0.1, -0.05) is 5.92 Å². The average Bonchev–Trinajstić information content (AvgIpc) is 2.41. The van der Waals surface area contributed by atoms with E-state index in [1.807, 2.05) is 0 Å². The minimum absolute atomic E-state index is 0.148. The van der Waals surface area contributed by atoms with Gasteiger partial charge in [0.2, 0.25) is 0 Å². The maximum atomic E-state index is 11.1. The van der Waals surface area contributed by atoms with Crippen molar-refractivity contribution >= 4 is 11.9 Å². The zero-order valence-corrected chi connectivity index (χ0v) is 11.7. The molecule has 0 radical (unpaired) electrons. The lowest BCUT2D eigenvalue weighted by atomic mass is 9.99. The van der Waals surface area contributed by atoms with Crippen LogP contribution in [0.1, 0.15) is 13.8 Å². The van der Waals surface area contributed by atoms with Gasteiger partial charge >= 0.3 is 11.9 Å². The second kappa shape index (κ2) is 7.95. The highest BCUT2D eigenvalue weighted by atomic mass is 16.7. The highest BCUT2D eigenvalue weighted by molar-refractivity contribution is 5.66. The van der Waals surface area contributed by atoms with E-state index >= 15 is 0 Å². The second-order valence-corrected chi connectivity index (χ2v) is 4.42. The summed E-state index contributed by atoms with van der Waals surface area (Å²) in [6.45, 7) is 1.90. The molecule has 0 bridgehead atoms. The molecule has 1 saturated heterocycles. The molecule has 1 aliphatic rings. The van der Waals surface area contributed by atoms with Gasteiger partial charge in [-0.3, -0.25) is 9.59 Å². The summed E-state index contributed by atoms with van der Waals surface area (Å²) in [6.07, 6.45) is -1.27. The zero-order chi connectivity index (χ0) is 16.0. The van der Waals surface area contributed by atoms with Gasteiger partial charge in [0.25, 0.3) is 0 Å². The van der Waals surface area contributed by atoms with Gasteiger partial charge in [0.05, 0.1) is 0 Å². The predicted octanol–water partition coefficient (Wildman–Crippen LogP) is -1.42. The summed E-state index contributed by atoms with van der Waals surface area (Å²) >= 11 is 0. The lowest BCUT2D eigenvalue weighted by Crippen LogP contribution is -2.60. The summed E-state index contributed by atoms with van der Waals surface area (Å²) in [4.78, 5) is 21.9. The Balaban J connectivity index is 2.81. The molecule has 118 valence electrons. The van der Waals surface area contributed by atoms with Crippen molar-refractivity contribution < 1.29 is 38.7 Å². The van der Waals surface area contributed by atoms with Gasteiger partial charge in [-0.25, -0.2) is 0 Å². The number of ether oxygens (including phenoxy) is 4. The first-order chi connectivity index (χ1) is 9.86. The third-order valence-electron chi connectivity index (χ3n) is 2.73. The van der Waals surface area contributed by atoms with Crippen molar-refractivity contribution in [2.24, 2.45) is 0 Å². The molecule has 0 spiro atoms. The number of aliphatic hydroxyl groups excluding tert-OH is 2. The van der Waals surface area contributed by atoms with Crippen LogP contribution in [0.4, 0.5) is 0 Å². The van der Waals surface area contributed by atoms with Crippen LogP contribution in [0.2, 0.25) is 0 Å². The largest absolute Gasteiger partial charge is 0.463 e. The molecule has 21 heavy (non-hydrogen) atoms. The van der Waals surface area contributed by atoms with Crippen molar-refractivity contribution in [2.45, 2.75) is 44.6 Å². The van der Waals surface area contributed by atoms with Gasteiger partial charge in [0.15, 0.2) is 12.4 Å². The Hall–Kier alpha value is -1.66. The first-order valence-electron chi connectivity index (χ1n) is 6.24. The third kappa shape index (κ3) is 4.99. The first-order valence-corrected chi connectivity index (χ1v) is 6.24. The van der Waals surface area contributed by atoms with E-state index in [9.17, 15) is 19.8 Å². The Morgan fingerprint density at radius 3 is 2.43 bits per heavy atom. The lowest BCUT2D eigenvalue weighted by Gasteiger charge is -2.41. The normalized spacial score (nSPS) is 32.0. The van der Waals surface area contributed by atoms with Crippen LogP contribution in [-0.4, -0.2) is 66.1 Å². The van der Waals surface area contributed by atoms with Crippen molar-refractivity contribution in [3.05, 3.63) is 0 Å². The minimum atomic E-state index is -1.43. The van der Waals surface area contributed by atoms with Gasteiger partial charge < -0.3 is 29.2 Å². The van der Waals surface area contributed by atoms with E-state index in [1.54, 1.807) is 0 Å². The fourth-order valence-electron chi connectivity index (χ4n) is 1.84. The van der Waals surface area contributed by atoms with Crippen LogP contribution in [0.15, 0.2) is 0 Å². The quantitative estimate of drug-likeness (QED) is 0.470. The zero-order valence-electron chi connectivity index (χ0n) is 11.7. The summed E-state index contributed by atoms with van der Waals surface area (Å²) in [6, 6.07) is 0. The number of aliphatic hydroxyl groups is 2. The average molecular weight is 302 g/mol. The molecule has 0 aromatic carbocycles. The molecule has 0 unspecified atom stereocenters. The molecular weight excluding hydrogens is 284 g/mol. The van der Waals surface area contributed by atoms with E-state index in [-0.39, 0.29) is 13.2 Å². The van der Waals surface area contributed by atoms with Crippen LogP contribution >= 0.6 is 0 Å². The van der Waals surface area contributed by atoms with Gasteiger partial charge in [-0.05, 0) is 0 Å². The van der Waals surface area contributed by atoms with Crippen LogP contribution < -0.4 is 0 Å². The van der Waals surface area contributed by atoms with Crippen LogP contribution in [0.5, 0.6) is 0 Å². The summed E-state index contributed by atoms with van der Waals surface area (Å²) in [5.41, 5.74) is 0. The second-order valence-electron chi connectivity index (χ2n) is 4.42. The van der Waals surface area contributed by atoms with Crippen molar-refractivity contribution in [1.82, 2.24) is 0 Å². The van der Waals surface area contributed by atoms with Gasteiger partial charge in [-0.2, -0.15) is 0 Å². The van der Waals surface area contributed by atoms with Gasteiger partial charge in [-0.15, -0.1) is 6.42 Å². The topological polar surface area (TPSA) is 112 Å². The molecule has 1 rings (SSSR count). The van der Waals surface area contributed by atoms with E-state index in [1.165, 1.54) is 6.92 Å². The van der Waals surface area contributed by atoms with Crippen LogP contribution in [-0.2, 0) is 28.5 Å². The van der Waals surface area contributed by atoms with Crippen molar-refractivity contribution in [3.63, 3.8) is 0 Å². The van der Waals surface area contributed by atoms with Crippen molar-refractivity contribution in [2.75, 3.05) is 13.2 Å². The summed E-state index contributed by atoms with van der Waals surface area (Å²) in [5, 5.41) is 20.1. The number of rotatable bonds is 5. The summed E-state index contributed by atoms with van der Waals surface area (Å²) < 4.78 is 20.0. The SMILES string of the molecule is C#CCO[C@H]1O[C@H](COC(C)=O)[C@H](O)[C@H](OC(C)=O)[C@H]1O. The number of esters is 2. The first kappa shape index (κ1) is 17.4. The minimum Gasteiger partial charge on any atom is -0.463 e. The molecule has 5 atom stereocenters. The number of carbonyl (C=O) groups is 2. The monoisotopic (exact) mass is 302 g/mol. The Bertz CT molecular complexity index is 415. The van der Waals surface area contributed by atoms with Crippen molar-refractivity contribution in [1.29, 1.82) is 0 Å². The molecule has 1 fully saturated rings. The molecule has 1 aliphatic heterocycles. The number of carbonyl (C=O) groups excluding carboxylic acids is 2. The van der Waals surface area contributed by atoms with E-state index in [0.29, 0.717) is 0 Å². The highest BCUT2D eigenvalue weighted by Crippen LogP contribution is 2.25. The Morgan fingerprint density at radius 2 is 1.90 bits per heavy atom. The molecule has 2 N–H and O–H groups in total. The smallest absolute Gasteiger partial charge is 0.303 e. The van der Waals surface area contributed by atoms with E-state index in [0.717, 1.165) is 6.92 Å². The maximum absolute atomic E-state index is 11.1. The lowest BCUT2D eigenvalue weighted by molar-refractivity contribution is -0.300. The molecule has 0 saturated carbocycles. The molecule has 0 amide bonds. The molecule has 0 aromatic heterocycles. The maximum Gasteiger partial charge on any atom is 0.303 e. The summed E-state index contributed by atoms with van der Waals surface area (Å²) in [5.74, 6) is 0.938. The third-order valence-corrected chi connectivity index (χ3v) is 2.73. The fourth-order valence-corrected chi connectivity index (χ4v) is 1.84. The molecule has 0 aliphatic carbocycles. The Kier molecular flexibility index (Phi) is 6.58. The molecule has 8 heteroatoms. The van der Waals surface area contributed by atoms with Gasteiger partial charge in [0.1, 0.15) is 31.5 Å². The van der Waals surface area contributed by atoms with Crippen LogP contribution in [0, 0.1) is 12.3 Å². The molecule has 0 aromatic rings. The Morgan fingerprint density at radius 1 is 1.24 bits per heavy atom. The number of hydrogen-bond donors (Lipinski definition) is 2. The van der Waals surface area contributed by atoms with E-state index in [4.69, 9.17) is 25.4 Å². The molecule has 8 nitrogen and oxygen atoms in total. The molecule has 1 heterocycles. The predicted molar refractivity (Wildman–Crippen MR) is 67.6 cm³/mol. The Labute approximate surface area is 121 Å². The highest BCUT2D eigenvalue weighted by Gasteiger charge is 2.47. The summed E-state index contributed by atoms with van der Waals surface area (Å²) in [7, 11) is 0. The van der Waals surface area contributed by atoms with Crippen LogP contribution in [0.25, 0.3) is 0 Å². The van der Waals surface area contributed by atoms with Gasteiger partial charge in [0, 0.05) is 13.8 Å². The molecular formula is C13H18O8. The standard InChI is InChI=1S/C13H18O8/c1-4-5-18-13-11(17)12(20-8(3)15)10(16)9(21-13)6-19-7(2)14/h1,9-13,16-17H,5-6H2,2-3H3/t9-,10+,11-,12+,13+/m1/s1. The van der Waals surface area contributed by atoms with Crippen molar-refractivity contribution in [3.8, 4) is 12.3 Å². The number of hydrogen-bond acceptors (Lipinski definition) is 8. The van der Waals surface area contributed by atoms with E-state index in [2.05, 4.69) is 5.92 Å². The number of terminal acetylenes is 1. The fraction of sp³-hybridized carbons (Fsp3) is 0.692. The van der Waals surface area contributed by atoms with E-state index < -0.39 is 42.6 Å². The van der Waals surface area contributed by atoms with Crippen LogP contribution in [0.3, 0.4) is 0 Å².